The summed E-state index contributed by atoms with van der Waals surface area (Å²) in [4.78, 5) is 30.7. The molecule has 1 aliphatic heterocycles. The average Bonchev–Trinajstić information content (AvgIpc) is 3.31. The Kier molecular flexibility index (Phi) is 8.28. The first kappa shape index (κ1) is 25.9. The molecule has 1 aliphatic carbocycles. The van der Waals surface area contributed by atoms with Gasteiger partial charge in [-0.2, -0.15) is 0 Å². The molecule has 200 valence electrons. The van der Waals surface area contributed by atoms with Gasteiger partial charge < -0.3 is 28.4 Å². The van der Waals surface area contributed by atoms with E-state index in [1.807, 2.05) is 49.4 Å². The lowest BCUT2D eigenvalue weighted by Crippen LogP contribution is -2.43. The van der Waals surface area contributed by atoms with Gasteiger partial charge in [0.25, 0.3) is 0 Å². The van der Waals surface area contributed by atoms with Crippen molar-refractivity contribution in [1.29, 1.82) is 0 Å². The molecular weight excluding hydrogens is 484 g/mol. The number of furan rings is 1. The van der Waals surface area contributed by atoms with Crippen LogP contribution in [0.3, 0.4) is 0 Å². The third-order valence-electron chi connectivity index (χ3n) is 6.98. The average molecular weight is 519 g/mol. The number of carbonyl (C=O) groups excluding carboxylic acids is 2. The number of rotatable bonds is 13. The molecule has 0 bridgehead atoms. The Morgan fingerprint density at radius 3 is 2.61 bits per heavy atom. The third-order valence-corrected chi connectivity index (χ3v) is 6.98. The van der Waals surface area contributed by atoms with E-state index in [9.17, 15) is 9.59 Å². The van der Waals surface area contributed by atoms with Gasteiger partial charge in [0, 0.05) is 32.2 Å². The number of benzene rings is 2. The first-order valence-electron chi connectivity index (χ1n) is 13.2. The van der Waals surface area contributed by atoms with Gasteiger partial charge in [0.1, 0.15) is 5.76 Å². The minimum Gasteiger partial charge on any atom is -0.467 e. The van der Waals surface area contributed by atoms with Gasteiger partial charge in [0.15, 0.2) is 11.5 Å². The third kappa shape index (κ3) is 6.37. The van der Waals surface area contributed by atoms with Gasteiger partial charge >= 0.3 is 0 Å². The van der Waals surface area contributed by atoms with Crippen LogP contribution in [0.25, 0.3) is 0 Å². The van der Waals surface area contributed by atoms with Crippen LogP contribution in [0, 0.1) is 5.92 Å². The van der Waals surface area contributed by atoms with Gasteiger partial charge in [-0.3, -0.25) is 9.59 Å². The molecule has 1 aromatic heterocycles. The summed E-state index contributed by atoms with van der Waals surface area (Å²) in [6.45, 7) is 4.45. The van der Waals surface area contributed by atoms with E-state index in [4.69, 9.17) is 18.6 Å². The van der Waals surface area contributed by atoms with Gasteiger partial charge in [0.05, 0.1) is 19.4 Å². The SMILES string of the molecule is CCOCCCN(CC(=O)N(Cc1ccc2c(c1)OCO2)Cc1ccco1)C(=O)C1CC1c1ccccc1. The lowest BCUT2D eigenvalue weighted by molar-refractivity contribution is -0.142. The standard InChI is InChI=1S/C30H34N2O6/c1-2-35-14-7-13-31(30(34)26-17-25(26)23-8-4-3-5-9-23)20-29(33)32(19-24-10-6-15-36-24)18-22-11-12-27-28(16-22)38-21-37-27/h3-6,8-12,15-16,25-26H,2,7,13-14,17-21H2,1H3. The highest BCUT2D eigenvalue weighted by atomic mass is 16.7. The number of nitrogens with zero attached hydrogens (tertiary/aromatic N) is 2. The van der Waals surface area contributed by atoms with Crippen molar-refractivity contribution >= 4 is 11.8 Å². The number of carbonyl (C=O) groups is 2. The Morgan fingerprint density at radius 1 is 0.974 bits per heavy atom. The lowest BCUT2D eigenvalue weighted by atomic mass is 10.1. The first-order chi connectivity index (χ1) is 18.6. The van der Waals surface area contributed by atoms with Gasteiger partial charge in [0.2, 0.25) is 18.6 Å². The highest BCUT2D eigenvalue weighted by molar-refractivity contribution is 5.88. The minimum absolute atomic E-state index is 0.00816. The molecule has 0 saturated heterocycles. The quantitative estimate of drug-likeness (QED) is 0.308. The van der Waals surface area contributed by atoms with Crippen LogP contribution in [0.2, 0.25) is 0 Å². The molecule has 1 saturated carbocycles. The molecule has 2 unspecified atom stereocenters. The Hall–Kier alpha value is -3.78. The second-order valence-electron chi connectivity index (χ2n) is 9.69. The van der Waals surface area contributed by atoms with Crippen molar-refractivity contribution < 1.29 is 28.2 Å². The zero-order chi connectivity index (χ0) is 26.3. The van der Waals surface area contributed by atoms with Crippen molar-refractivity contribution in [3.05, 3.63) is 83.8 Å². The van der Waals surface area contributed by atoms with Gasteiger partial charge in [-0.25, -0.2) is 0 Å². The van der Waals surface area contributed by atoms with E-state index in [1.54, 1.807) is 22.1 Å². The molecule has 0 N–H and O–H groups in total. The molecule has 2 atom stereocenters. The van der Waals surface area contributed by atoms with Crippen LogP contribution in [0.1, 0.15) is 42.6 Å². The highest BCUT2D eigenvalue weighted by Gasteiger charge is 2.46. The molecule has 2 aliphatic rings. The maximum atomic E-state index is 13.7. The normalized spacial score (nSPS) is 17.3. The molecular formula is C30H34N2O6. The van der Waals surface area contributed by atoms with E-state index in [2.05, 4.69) is 12.1 Å². The maximum Gasteiger partial charge on any atom is 0.242 e. The van der Waals surface area contributed by atoms with Crippen LogP contribution in [-0.4, -0.2) is 54.7 Å². The van der Waals surface area contributed by atoms with E-state index >= 15 is 0 Å². The minimum atomic E-state index is -0.138. The van der Waals surface area contributed by atoms with E-state index in [-0.39, 0.29) is 37.0 Å². The Balaban J connectivity index is 1.30. The Labute approximate surface area is 223 Å². The molecule has 38 heavy (non-hydrogen) atoms. The smallest absolute Gasteiger partial charge is 0.242 e. The molecule has 2 amide bonds. The predicted octanol–water partition coefficient (Wildman–Crippen LogP) is 4.60. The van der Waals surface area contributed by atoms with Crippen molar-refractivity contribution in [2.75, 3.05) is 33.1 Å². The summed E-state index contributed by atoms with van der Waals surface area (Å²) in [6, 6.07) is 19.4. The number of amides is 2. The summed E-state index contributed by atoms with van der Waals surface area (Å²) in [5.74, 6) is 2.05. The number of hydrogen-bond donors (Lipinski definition) is 0. The summed E-state index contributed by atoms with van der Waals surface area (Å²) < 4.78 is 22.0. The Bertz CT molecular complexity index is 1210. The summed E-state index contributed by atoms with van der Waals surface area (Å²) in [5, 5.41) is 0. The summed E-state index contributed by atoms with van der Waals surface area (Å²) in [5.41, 5.74) is 2.09. The Morgan fingerprint density at radius 2 is 1.82 bits per heavy atom. The summed E-state index contributed by atoms with van der Waals surface area (Å²) in [7, 11) is 0. The topological polar surface area (TPSA) is 81.5 Å². The highest BCUT2D eigenvalue weighted by Crippen LogP contribution is 2.48. The van der Waals surface area contributed by atoms with Crippen molar-refractivity contribution in [3.8, 4) is 11.5 Å². The molecule has 3 aromatic rings. The van der Waals surface area contributed by atoms with Gasteiger partial charge in [-0.05, 0) is 61.1 Å². The fourth-order valence-electron chi connectivity index (χ4n) is 4.89. The number of hydrogen-bond acceptors (Lipinski definition) is 6. The van der Waals surface area contributed by atoms with E-state index in [0.29, 0.717) is 56.5 Å². The van der Waals surface area contributed by atoms with E-state index < -0.39 is 0 Å². The van der Waals surface area contributed by atoms with Crippen molar-refractivity contribution in [2.24, 2.45) is 5.92 Å². The van der Waals surface area contributed by atoms with E-state index in [1.165, 1.54) is 5.56 Å². The van der Waals surface area contributed by atoms with Crippen LogP contribution < -0.4 is 9.47 Å². The van der Waals surface area contributed by atoms with Crippen LogP contribution in [0.4, 0.5) is 0 Å². The monoisotopic (exact) mass is 518 g/mol. The van der Waals surface area contributed by atoms with Crippen molar-refractivity contribution in [1.82, 2.24) is 9.80 Å². The zero-order valence-corrected chi connectivity index (χ0v) is 21.7. The lowest BCUT2D eigenvalue weighted by Gasteiger charge is -2.28. The molecule has 0 radical (unpaired) electrons. The van der Waals surface area contributed by atoms with Crippen molar-refractivity contribution in [3.63, 3.8) is 0 Å². The van der Waals surface area contributed by atoms with Crippen LogP contribution in [-0.2, 0) is 27.4 Å². The molecule has 5 rings (SSSR count). The molecule has 2 aromatic carbocycles. The summed E-state index contributed by atoms with van der Waals surface area (Å²) in [6.07, 6.45) is 3.08. The molecule has 2 heterocycles. The van der Waals surface area contributed by atoms with Gasteiger partial charge in [-0.15, -0.1) is 0 Å². The van der Waals surface area contributed by atoms with Crippen LogP contribution in [0.5, 0.6) is 11.5 Å². The number of fused-ring (bicyclic) bond motifs is 1. The van der Waals surface area contributed by atoms with E-state index in [0.717, 1.165) is 12.0 Å². The van der Waals surface area contributed by atoms with Crippen LogP contribution >= 0.6 is 0 Å². The summed E-state index contributed by atoms with van der Waals surface area (Å²) >= 11 is 0. The van der Waals surface area contributed by atoms with Crippen LogP contribution in [0.15, 0.2) is 71.3 Å². The largest absolute Gasteiger partial charge is 0.467 e. The predicted molar refractivity (Wildman–Crippen MR) is 141 cm³/mol. The first-order valence-corrected chi connectivity index (χ1v) is 13.2. The molecule has 8 heteroatoms. The number of ether oxygens (including phenoxy) is 3. The molecule has 0 spiro atoms. The molecule has 1 fully saturated rings. The fourth-order valence-corrected chi connectivity index (χ4v) is 4.89. The second-order valence-corrected chi connectivity index (χ2v) is 9.69. The molecule has 8 nitrogen and oxygen atoms in total. The van der Waals surface area contributed by atoms with Crippen molar-refractivity contribution in [2.45, 2.75) is 38.8 Å². The zero-order valence-electron chi connectivity index (χ0n) is 21.7. The van der Waals surface area contributed by atoms with Gasteiger partial charge in [-0.1, -0.05) is 36.4 Å². The maximum absolute atomic E-state index is 13.7. The fraction of sp³-hybridized carbons (Fsp3) is 0.400. The second kappa shape index (κ2) is 12.2.